The van der Waals surface area contributed by atoms with E-state index in [0.29, 0.717) is 6.42 Å². The van der Waals surface area contributed by atoms with Gasteiger partial charge in [-0.1, -0.05) is 96.8 Å². The molecular formula is C26H48N2O7. The van der Waals surface area contributed by atoms with Gasteiger partial charge in [0.05, 0.1) is 24.9 Å². The third kappa shape index (κ3) is 19.9. The van der Waals surface area contributed by atoms with E-state index in [1.807, 2.05) is 0 Å². The van der Waals surface area contributed by atoms with Gasteiger partial charge in [-0.05, 0) is 6.42 Å². The average molecular weight is 501 g/mol. The predicted molar refractivity (Wildman–Crippen MR) is 135 cm³/mol. The zero-order valence-corrected chi connectivity index (χ0v) is 21.7. The minimum Gasteiger partial charge on any atom is -0.481 e. The van der Waals surface area contributed by atoms with E-state index in [2.05, 4.69) is 12.2 Å². The molecule has 35 heavy (non-hydrogen) atoms. The Hall–Kier alpha value is -2.00. The number of hydrogen-bond donors (Lipinski definition) is 4. The maximum atomic E-state index is 11.9. The molecule has 0 aliphatic rings. The van der Waals surface area contributed by atoms with Crippen LogP contribution in [0.15, 0.2) is 0 Å². The molecule has 0 saturated carbocycles. The second-order valence-electron chi connectivity index (χ2n) is 9.52. The van der Waals surface area contributed by atoms with Crippen LogP contribution < -0.4 is 11.1 Å². The highest BCUT2D eigenvalue weighted by Gasteiger charge is 2.34. The molecule has 9 nitrogen and oxygen atoms in total. The van der Waals surface area contributed by atoms with Gasteiger partial charge in [0, 0.05) is 13.0 Å². The Labute approximate surface area is 210 Å². The molecule has 0 fully saturated rings. The van der Waals surface area contributed by atoms with Gasteiger partial charge in [0.1, 0.15) is 0 Å². The fourth-order valence-corrected chi connectivity index (χ4v) is 4.10. The van der Waals surface area contributed by atoms with Crippen LogP contribution in [0.4, 0.5) is 0 Å². The van der Waals surface area contributed by atoms with Gasteiger partial charge in [-0.15, -0.1) is 0 Å². The lowest BCUT2D eigenvalue weighted by Gasteiger charge is -2.30. The van der Waals surface area contributed by atoms with Crippen LogP contribution in [0.2, 0.25) is 0 Å². The molecule has 0 rings (SSSR count). The molecular weight excluding hydrogens is 452 g/mol. The van der Waals surface area contributed by atoms with Crippen LogP contribution >= 0.6 is 0 Å². The fourth-order valence-electron chi connectivity index (χ4n) is 4.10. The van der Waals surface area contributed by atoms with Gasteiger partial charge in [-0.25, -0.2) is 0 Å². The maximum absolute atomic E-state index is 11.9. The predicted octanol–water partition coefficient (Wildman–Crippen LogP) is 4.55. The molecule has 204 valence electrons. The number of esters is 2. The number of nitrogens with two attached hydrogens (primary N) is 1. The molecule has 0 unspecified atom stereocenters. The number of ether oxygens (including phenoxy) is 1. The van der Waals surface area contributed by atoms with E-state index in [4.69, 9.17) is 20.7 Å². The van der Waals surface area contributed by atoms with Gasteiger partial charge >= 0.3 is 23.9 Å². The maximum Gasteiger partial charge on any atom is 0.327 e. The number of carbonyl (C=O) groups excluding carboxylic acids is 2. The summed E-state index contributed by atoms with van der Waals surface area (Å²) in [4.78, 5) is 45.8. The molecule has 0 aromatic rings. The largest absolute Gasteiger partial charge is 0.481 e. The highest BCUT2D eigenvalue weighted by atomic mass is 16.6. The Bertz CT molecular complexity index is 595. The van der Waals surface area contributed by atoms with Crippen molar-refractivity contribution in [3.63, 3.8) is 0 Å². The Balaban J connectivity index is 3.80. The lowest BCUT2D eigenvalue weighted by molar-refractivity contribution is -0.160. The van der Waals surface area contributed by atoms with Crippen molar-refractivity contribution in [3.8, 4) is 0 Å². The number of carbonyl (C=O) groups is 4. The highest BCUT2D eigenvalue weighted by Crippen LogP contribution is 2.15. The van der Waals surface area contributed by atoms with E-state index >= 15 is 0 Å². The summed E-state index contributed by atoms with van der Waals surface area (Å²) >= 11 is 0. The molecule has 0 aromatic heterocycles. The molecule has 0 radical (unpaired) electrons. The summed E-state index contributed by atoms with van der Waals surface area (Å²) in [6, 6.07) is 0. The summed E-state index contributed by atoms with van der Waals surface area (Å²) in [6.45, 7) is 1.44. The fraction of sp³-hybridized carbons (Fsp3) is 0.846. The van der Waals surface area contributed by atoms with Crippen LogP contribution in [0.3, 0.4) is 0 Å². The van der Waals surface area contributed by atoms with Crippen molar-refractivity contribution >= 4 is 23.9 Å². The van der Waals surface area contributed by atoms with Crippen LogP contribution in [0, 0.1) is 0 Å². The van der Waals surface area contributed by atoms with Crippen LogP contribution in [-0.4, -0.2) is 52.7 Å². The molecule has 5 N–H and O–H groups in total. The first-order valence-electron chi connectivity index (χ1n) is 13.4. The second kappa shape index (κ2) is 21.3. The van der Waals surface area contributed by atoms with Crippen LogP contribution in [-0.2, 0) is 23.9 Å². The van der Waals surface area contributed by atoms with Gasteiger partial charge in [-0.2, -0.15) is 0 Å². The smallest absolute Gasteiger partial charge is 0.327 e. The average Bonchev–Trinajstić information content (AvgIpc) is 2.79. The monoisotopic (exact) mass is 500 g/mol. The minimum absolute atomic E-state index is 0.135. The number of unbranched alkanes of at least 4 members (excludes halogenated alkanes) is 14. The first-order chi connectivity index (χ1) is 16.7. The standard InChI is InChI=1S/C26H48N2O7/c1-2-3-4-5-6-7-8-9-10-11-12-13-14-15-16-17-24(33)35-25(34)20-28-26(21-27,18-22(29)30)19-23(31)32/h28H,2-21,27H2,1H3,(H,29,30)(H,31,32). The van der Waals surface area contributed by atoms with Crippen molar-refractivity contribution in [1.29, 1.82) is 0 Å². The number of nitrogens with one attached hydrogen (secondary N) is 1. The Morgan fingerprint density at radius 1 is 0.686 bits per heavy atom. The Morgan fingerprint density at radius 2 is 1.09 bits per heavy atom. The number of hydrogen-bond acceptors (Lipinski definition) is 7. The zero-order valence-electron chi connectivity index (χ0n) is 21.7. The minimum atomic E-state index is -1.49. The summed E-state index contributed by atoms with van der Waals surface area (Å²) < 4.78 is 4.74. The lowest BCUT2D eigenvalue weighted by Crippen LogP contribution is -2.55. The van der Waals surface area contributed by atoms with Gasteiger partial charge in [0.25, 0.3) is 0 Å². The van der Waals surface area contributed by atoms with Gasteiger partial charge < -0.3 is 20.7 Å². The summed E-state index contributed by atoms with van der Waals surface area (Å²) in [5.41, 5.74) is 4.06. The van der Waals surface area contributed by atoms with E-state index in [0.717, 1.165) is 19.3 Å². The van der Waals surface area contributed by atoms with Crippen molar-refractivity contribution < 1.29 is 34.1 Å². The van der Waals surface area contributed by atoms with Gasteiger partial charge in [-0.3, -0.25) is 24.5 Å². The summed E-state index contributed by atoms with van der Waals surface area (Å²) in [5.74, 6) is -4.02. The molecule has 0 amide bonds. The Morgan fingerprint density at radius 3 is 1.46 bits per heavy atom. The van der Waals surface area contributed by atoms with Crippen LogP contribution in [0.25, 0.3) is 0 Å². The van der Waals surface area contributed by atoms with E-state index in [9.17, 15) is 19.2 Å². The first-order valence-corrected chi connectivity index (χ1v) is 13.4. The van der Waals surface area contributed by atoms with Gasteiger partial charge in [0.15, 0.2) is 0 Å². The van der Waals surface area contributed by atoms with Crippen LogP contribution in [0.1, 0.15) is 122 Å². The highest BCUT2D eigenvalue weighted by molar-refractivity contribution is 5.86. The van der Waals surface area contributed by atoms with Crippen LogP contribution in [0.5, 0.6) is 0 Å². The van der Waals surface area contributed by atoms with Crippen molar-refractivity contribution in [2.45, 2.75) is 128 Å². The molecule has 9 heteroatoms. The number of aliphatic carboxylic acids is 2. The Kier molecular flexibility index (Phi) is 20.1. The van der Waals surface area contributed by atoms with E-state index in [-0.39, 0.29) is 13.0 Å². The van der Waals surface area contributed by atoms with Crippen molar-refractivity contribution in [2.24, 2.45) is 5.73 Å². The summed E-state index contributed by atoms with van der Waals surface area (Å²) in [6.07, 6.45) is 17.3. The van der Waals surface area contributed by atoms with Crippen molar-refractivity contribution in [3.05, 3.63) is 0 Å². The SMILES string of the molecule is CCCCCCCCCCCCCCCCCC(=O)OC(=O)CNC(CN)(CC(=O)O)CC(=O)O. The van der Waals surface area contributed by atoms with Crippen molar-refractivity contribution in [1.82, 2.24) is 5.32 Å². The van der Waals surface area contributed by atoms with E-state index < -0.39 is 48.8 Å². The zero-order chi connectivity index (χ0) is 26.4. The molecule has 0 aliphatic carbocycles. The second-order valence-corrected chi connectivity index (χ2v) is 9.52. The molecule has 0 heterocycles. The van der Waals surface area contributed by atoms with Gasteiger partial charge in [0.2, 0.25) is 0 Å². The van der Waals surface area contributed by atoms with E-state index in [1.165, 1.54) is 70.6 Å². The topological polar surface area (TPSA) is 156 Å². The normalized spacial score (nSPS) is 11.4. The third-order valence-corrected chi connectivity index (χ3v) is 6.19. The third-order valence-electron chi connectivity index (χ3n) is 6.19. The molecule has 0 aromatic carbocycles. The van der Waals surface area contributed by atoms with Crippen molar-refractivity contribution in [2.75, 3.05) is 13.1 Å². The molecule has 0 bridgehead atoms. The van der Waals surface area contributed by atoms with E-state index in [1.54, 1.807) is 0 Å². The number of carboxylic acids is 2. The molecule has 0 atom stereocenters. The number of rotatable bonds is 24. The number of carboxylic acid groups (broad SMARTS) is 2. The molecule has 0 saturated heterocycles. The summed E-state index contributed by atoms with van der Waals surface area (Å²) in [5, 5.41) is 20.6. The quantitative estimate of drug-likeness (QED) is 0.0847. The summed E-state index contributed by atoms with van der Waals surface area (Å²) in [7, 11) is 0. The lowest BCUT2D eigenvalue weighted by atomic mass is 9.91. The molecule has 0 spiro atoms. The first kappa shape index (κ1) is 33.0. The molecule has 0 aliphatic heterocycles.